The first-order valence-electron chi connectivity index (χ1n) is 6.39. The van der Waals surface area contributed by atoms with Crippen molar-refractivity contribution < 1.29 is 9.47 Å². The van der Waals surface area contributed by atoms with Gasteiger partial charge in [0.05, 0.1) is 26.2 Å². The quantitative estimate of drug-likeness (QED) is 0.866. The van der Waals surface area contributed by atoms with Gasteiger partial charge in [0.2, 0.25) is 0 Å². The van der Waals surface area contributed by atoms with Gasteiger partial charge in [-0.3, -0.25) is 0 Å². The number of hydrogen-bond donors (Lipinski definition) is 1. The fourth-order valence-corrected chi connectivity index (χ4v) is 2.64. The van der Waals surface area contributed by atoms with Crippen molar-refractivity contribution in [3.05, 3.63) is 34.7 Å². The number of benzene rings is 1. The average Bonchev–Trinajstić information content (AvgIpc) is 2.45. The molecule has 0 bridgehead atoms. The molecule has 4 nitrogen and oxygen atoms in total. The van der Waals surface area contributed by atoms with Gasteiger partial charge in [0.15, 0.2) is 11.5 Å². The van der Waals surface area contributed by atoms with Gasteiger partial charge in [-0.1, -0.05) is 32.1 Å². The number of aromatic nitrogens is 2. The molecule has 1 N–H and O–H groups in total. The summed E-state index contributed by atoms with van der Waals surface area (Å²) in [4.78, 5) is 7.36. The Morgan fingerprint density at radius 1 is 1.20 bits per heavy atom. The van der Waals surface area contributed by atoms with Gasteiger partial charge < -0.3 is 14.5 Å². The second kappa shape index (κ2) is 6.05. The molecule has 5 heteroatoms. The van der Waals surface area contributed by atoms with E-state index in [0.29, 0.717) is 16.1 Å². The maximum atomic E-state index is 5.50. The Bertz CT molecular complexity index is 665. The minimum absolute atomic E-state index is 0.262. The molecule has 0 fully saturated rings. The maximum Gasteiger partial charge on any atom is 0.170 e. The highest BCUT2D eigenvalue weighted by atomic mass is 32.1. The molecule has 2 aromatic rings. The molecule has 0 radical (unpaired) electrons. The van der Waals surface area contributed by atoms with Gasteiger partial charge in [-0.2, -0.15) is 0 Å². The Balaban J connectivity index is 2.75. The lowest BCUT2D eigenvalue weighted by molar-refractivity contribution is 0.356. The van der Waals surface area contributed by atoms with Crippen LogP contribution in [0.5, 0.6) is 11.5 Å². The molecule has 0 aliphatic heterocycles. The number of nitrogens with zero attached hydrogens (tertiary/aromatic N) is 1. The van der Waals surface area contributed by atoms with Crippen LogP contribution in [0.3, 0.4) is 0 Å². The lowest BCUT2D eigenvalue weighted by atomic mass is 9.98. The van der Waals surface area contributed by atoms with Crippen LogP contribution in [0.25, 0.3) is 11.3 Å². The monoisotopic (exact) mass is 290 g/mol. The summed E-state index contributed by atoms with van der Waals surface area (Å²) in [6.07, 6.45) is 1.61. The zero-order valence-electron chi connectivity index (χ0n) is 12.1. The zero-order valence-corrected chi connectivity index (χ0v) is 12.9. The summed E-state index contributed by atoms with van der Waals surface area (Å²) < 4.78 is 11.5. The minimum Gasteiger partial charge on any atom is -0.493 e. The highest BCUT2D eigenvalue weighted by Gasteiger charge is 2.17. The fraction of sp³-hybridized carbons (Fsp3) is 0.333. The zero-order chi connectivity index (χ0) is 14.7. The molecular weight excluding hydrogens is 272 g/mol. The largest absolute Gasteiger partial charge is 0.493 e. The third-order valence-electron chi connectivity index (χ3n) is 3.14. The molecule has 1 aromatic carbocycles. The van der Waals surface area contributed by atoms with Gasteiger partial charge in [-0.05, 0) is 18.1 Å². The summed E-state index contributed by atoms with van der Waals surface area (Å²) in [5.74, 6) is 1.64. The van der Waals surface area contributed by atoms with Crippen molar-refractivity contribution >= 4 is 12.2 Å². The van der Waals surface area contributed by atoms with E-state index in [1.54, 1.807) is 20.5 Å². The highest BCUT2D eigenvalue weighted by molar-refractivity contribution is 7.71. The van der Waals surface area contributed by atoms with Crippen LogP contribution >= 0.6 is 12.2 Å². The normalized spacial score (nSPS) is 10.7. The summed E-state index contributed by atoms with van der Waals surface area (Å²) in [7, 11) is 3.26. The van der Waals surface area contributed by atoms with Crippen LogP contribution in [0.2, 0.25) is 0 Å². The van der Waals surface area contributed by atoms with Gasteiger partial charge >= 0.3 is 0 Å². The number of rotatable bonds is 4. The van der Waals surface area contributed by atoms with Crippen molar-refractivity contribution in [2.75, 3.05) is 14.2 Å². The van der Waals surface area contributed by atoms with Gasteiger partial charge in [0.1, 0.15) is 4.64 Å². The number of H-pyrrole nitrogens is 1. The van der Waals surface area contributed by atoms with E-state index >= 15 is 0 Å². The van der Waals surface area contributed by atoms with Crippen LogP contribution in [0.1, 0.15) is 25.3 Å². The SMILES string of the molecule is COc1cccc(-c2[nH]cnc(=S)c2C(C)C)c1OC. The molecule has 106 valence electrons. The molecule has 0 saturated heterocycles. The van der Waals surface area contributed by atoms with Crippen LogP contribution < -0.4 is 9.47 Å². The molecule has 0 aliphatic carbocycles. The van der Waals surface area contributed by atoms with E-state index in [1.807, 2.05) is 18.2 Å². The molecule has 0 atom stereocenters. The molecule has 1 aromatic heterocycles. The Morgan fingerprint density at radius 2 is 1.95 bits per heavy atom. The first-order valence-corrected chi connectivity index (χ1v) is 6.79. The fourth-order valence-electron chi connectivity index (χ4n) is 2.25. The van der Waals surface area contributed by atoms with E-state index in [2.05, 4.69) is 23.8 Å². The molecular formula is C15H18N2O2S. The van der Waals surface area contributed by atoms with E-state index in [0.717, 1.165) is 16.8 Å². The van der Waals surface area contributed by atoms with Crippen molar-refractivity contribution in [3.63, 3.8) is 0 Å². The Hall–Kier alpha value is -1.88. The van der Waals surface area contributed by atoms with Gasteiger partial charge in [-0.25, -0.2) is 4.98 Å². The van der Waals surface area contributed by atoms with Crippen molar-refractivity contribution in [3.8, 4) is 22.8 Å². The smallest absolute Gasteiger partial charge is 0.170 e. The molecule has 0 aliphatic rings. The number of hydrogen-bond acceptors (Lipinski definition) is 4. The van der Waals surface area contributed by atoms with Crippen LogP contribution in [0.15, 0.2) is 24.5 Å². The standard InChI is InChI=1S/C15H18N2O2S/c1-9(2)12-13(16-8-17-15(12)20)10-6-5-7-11(18-3)14(10)19-4/h5-9H,1-4H3,(H,16,17,20). The third-order valence-corrected chi connectivity index (χ3v) is 3.47. The first kappa shape index (κ1) is 14.5. The van der Waals surface area contributed by atoms with E-state index in [4.69, 9.17) is 21.7 Å². The van der Waals surface area contributed by atoms with Crippen molar-refractivity contribution in [1.29, 1.82) is 0 Å². The highest BCUT2D eigenvalue weighted by Crippen LogP contribution is 2.39. The minimum atomic E-state index is 0.262. The van der Waals surface area contributed by atoms with Gasteiger partial charge in [-0.15, -0.1) is 0 Å². The van der Waals surface area contributed by atoms with Crippen molar-refractivity contribution in [1.82, 2.24) is 9.97 Å². The topological polar surface area (TPSA) is 47.1 Å². The Kier molecular flexibility index (Phi) is 4.39. The van der Waals surface area contributed by atoms with Crippen LogP contribution in [0.4, 0.5) is 0 Å². The second-order valence-corrected chi connectivity index (χ2v) is 5.08. The number of para-hydroxylation sites is 1. The van der Waals surface area contributed by atoms with Gasteiger partial charge in [0.25, 0.3) is 0 Å². The Labute approximate surface area is 123 Å². The van der Waals surface area contributed by atoms with Crippen LogP contribution in [-0.4, -0.2) is 24.2 Å². The van der Waals surface area contributed by atoms with Crippen LogP contribution in [-0.2, 0) is 0 Å². The lowest BCUT2D eigenvalue weighted by Gasteiger charge is -2.16. The number of ether oxygens (including phenoxy) is 2. The predicted molar refractivity (Wildman–Crippen MR) is 82.1 cm³/mol. The predicted octanol–water partition coefficient (Wildman–Crippen LogP) is 3.95. The van der Waals surface area contributed by atoms with E-state index < -0.39 is 0 Å². The van der Waals surface area contributed by atoms with E-state index in [-0.39, 0.29) is 5.92 Å². The van der Waals surface area contributed by atoms with Crippen LogP contribution in [0, 0.1) is 4.64 Å². The third kappa shape index (κ3) is 2.54. The maximum absolute atomic E-state index is 5.50. The second-order valence-electron chi connectivity index (χ2n) is 4.69. The molecule has 0 unspecified atom stereocenters. The molecule has 0 spiro atoms. The molecule has 20 heavy (non-hydrogen) atoms. The summed E-state index contributed by atoms with van der Waals surface area (Å²) >= 11 is 5.35. The molecule has 0 amide bonds. The molecule has 0 saturated carbocycles. The lowest BCUT2D eigenvalue weighted by Crippen LogP contribution is -2.01. The molecule has 1 heterocycles. The van der Waals surface area contributed by atoms with Crippen molar-refractivity contribution in [2.45, 2.75) is 19.8 Å². The number of nitrogens with one attached hydrogen (secondary N) is 1. The first-order chi connectivity index (χ1) is 9.60. The molecule has 2 rings (SSSR count). The summed E-state index contributed by atoms with van der Waals surface area (Å²) in [6.45, 7) is 4.19. The average molecular weight is 290 g/mol. The number of aromatic amines is 1. The van der Waals surface area contributed by atoms with E-state index in [1.165, 1.54) is 0 Å². The summed E-state index contributed by atoms with van der Waals surface area (Å²) in [5, 5.41) is 0. The van der Waals surface area contributed by atoms with E-state index in [9.17, 15) is 0 Å². The summed E-state index contributed by atoms with van der Waals surface area (Å²) in [6, 6.07) is 5.78. The number of methoxy groups -OCH3 is 2. The Morgan fingerprint density at radius 3 is 2.55 bits per heavy atom. The van der Waals surface area contributed by atoms with Crippen molar-refractivity contribution in [2.24, 2.45) is 0 Å². The van der Waals surface area contributed by atoms with Gasteiger partial charge in [0, 0.05) is 11.1 Å². The summed E-state index contributed by atoms with van der Waals surface area (Å²) in [5.41, 5.74) is 2.86.